The zero-order valence-corrected chi connectivity index (χ0v) is 11.1. The van der Waals surface area contributed by atoms with Crippen LogP contribution in [0.2, 0.25) is 5.02 Å². The monoisotopic (exact) mass is 267 g/mol. The Bertz CT molecular complexity index is 455. The molecule has 2 aliphatic rings. The lowest BCUT2D eigenvalue weighted by Crippen LogP contribution is -2.33. The molecule has 1 aliphatic heterocycles. The highest BCUT2D eigenvalue weighted by Crippen LogP contribution is 2.49. The highest BCUT2D eigenvalue weighted by Gasteiger charge is 2.38. The quantitative estimate of drug-likeness (QED) is 0.896. The van der Waals surface area contributed by atoms with E-state index in [2.05, 4.69) is 6.07 Å². The molecule has 0 unspecified atom stereocenters. The summed E-state index contributed by atoms with van der Waals surface area (Å²) < 4.78 is 11.5. The van der Waals surface area contributed by atoms with Crippen LogP contribution in [0.5, 0.6) is 11.5 Å². The van der Waals surface area contributed by atoms with Crippen LogP contribution >= 0.6 is 11.6 Å². The molecular formula is C14H18ClNO2. The van der Waals surface area contributed by atoms with E-state index in [1.807, 2.05) is 6.07 Å². The van der Waals surface area contributed by atoms with Gasteiger partial charge in [0.05, 0.1) is 5.02 Å². The SMILES string of the molecule is NCC1(c2ccc(Cl)c3c2OCCO3)CCCC1. The number of nitrogens with two attached hydrogens (primary N) is 1. The topological polar surface area (TPSA) is 44.5 Å². The molecule has 3 rings (SSSR count). The number of halogens is 1. The number of benzene rings is 1. The summed E-state index contributed by atoms with van der Waals surface area (Å²) in [5.74, 6) is 1.52. The molecule has 1 heterocycles. The van der Waals surface area contributed by atoms with Crippen molar-refractivity contribution in [3.8, 4) is 11.5 Å². The number of hydrogen-bond acceptors (Lipinski definition) is 3. The van der Waals surface area contributed by atoms with E-state index in [0.717, 1.165) is 18.6 Å². The Morgan fingerprint density at radius 2 is 1.78 bits per heavy atom. The normalized spacial score (nSPS) is 21.0. The number of hydrogen-bond donors (Lipinski definition) is 1. The fraction of sp³-hybridized carbons (Fsp3) is 0.571. The molecule has 1 aliphatic carbocycles. The van der Waals surface area contributed by atoms with Gasteiger partial charge in [0.25, 0.3) is 0 Å². The van der Waals surface area contributed by atoms with Crippen molar-refractivity contribution in [1.82, 2.24) is 0 Å². The lowest BCUT2D eigenvalue weighted by Gasteiger charge is -2.32. The van der Waals surface area contributed by atoms with Gasteiger partial charge in [0, 0.05) is 17.5 Å². The van der Waals surface area contributed by atoms with Gasteiger partial charge < -0.3 is 15.2 Å². The number of fused-ring (bicyclic) bond motifs is 1. The molecule has 98 valence electrons. The highest BCUT2D eigenvalue weighted by atomic mass is 35.5. The van der Waals surface area contributed by atoms with Crippen LogP contribution in [-0.4, -0.2) is 19.8 Å². The molecule has 4 heteroatoms. The lowest BCUT2D eigenvalue weighted by atomic mass is 9.78. The van der Waals surface area contributed by atoms with Crippen molar-refractivity contribution in [3.63, 3.8) is 0 Å². The van der Waals surface area contributed by atoms with Gasteiger partial charge in [-0.25, -0.2) is 0 Å². The lowest BCUT2D eigenvalue weighted by molar-refractivity contribution is 0.167. The van der Waals surface area contributed by atoms with E-state index < -0.39 is 0 Å². The summed E-state index contributed by atoms with van der Waals surface area (Å²) in [6.07, 6.45) is 4.72. The summed E-state index contributed by atoms with van der Waals surface area (Å²) in [5, 5.41) is 0.624. The maximum Gasteiger partial charge on any atom is 0.180 e. The Labute approximate surface area is 112 Å². The summed E-state index contributed by atoms with van der Waals surface area (Å²) in [6, 6.07) is 3.97. The molecule has 3 nitrogen and oxygen atoms in total. The number of rotatable bonds is 2. The van der Waals surface area contributed by atoms with E-state index in [-0.39, 0.29) is 5.41 Å². The molecule has 0 spiro atoms. The van der Waals surface area contributed by atoms with Crippen molar-refractivity contribution in [1.29, 1.82) is 0 Å². The van der Waals surface area contributed by atoms with Gasteiger partial charge in [0.15, 0.2) is 11.5 Å². The summed E-state index contributed by atoms with van der Waals surface area (Å²) in [4.78, 5) is 0. The largest absolute Gasteiger partial charge is 0.486 e. The Morgan fingerprint density at radius 3 is 2.44 bits per heavy atom. The van der Waals surface area contributed by atoms with Gasteiger partial charge in [-0.05, 0) is 18.9 Å². The first kappa shape index (κ1) is 12.1. The molecule has 0 saturated heterocycles. The summed E-state index contributed by atoms with van der Waals surface area (Å²) >= 11 is 6.17. The zero-order valence-electron chi connectivity index (χ0n) is 10.4. The van der Waals surface area contributed by atoms with Crippen molar-refractivity contribution >= 4 is 11.6 Å². The minimum atomic E-state index is 0.0510. The van der Waals surface area contributed by atoms with E-state index in [0.29, 0.717) is 30.5 Å². The third-order valence-corrected chi connectivity index (χ3v) is 4.46. The smallest absolute Gasteiger partial charge is 0.180 e. The molecule has 0 bridgehead atoms. The van der Waals surface area contributed by atoms with Crippen LogP contribution < -0.4 is 15.2 Å². The van der Waals surface area contributed by atoms with Gasteiger partial charge in [-0.1, -0.05) is 30.5 Å². The molecule has 0 aromatic heterocycles. The average molecular weight is 268 g/mol. The van der Waals surface area contributed by atoms with Crippen LogP contribution in [0.1, 0.15) is 31.2 Å². The van der Waals surface area contributed by atoms with Gasteiger partial charge in [-0.3, -0.25) is 0 Å². The summed E-state index contributed by atoms with van der Waals surface area (Å²) in [6.45, 7) is 1.80. The minimum Gasteiger partial charge on any atom is -0.486 e. The van der Waals surface area contributed by atoms with Gasteiger partial charge >= 0.3 is 0 Å². The average Bonchev–Trinajstić information content (AvgIpc) is 2.89. The second-order valence-corrected chi connectivity index (χ2v) is 5.55. The highest BCUT2D eigenvalue weighted by molar-refractivity contribution is 6.32. The Balaban J connectivity index is 2.11. The first-order valence-corrected chi connectivity index (χ1v) is 6.93. The molecule has 0 radical (unpaired) electrons. The van der Waals surface area contributed by atoms with Crippen molar-refractivity contribution in [3.05, 3.63) is 22.7 Å². The van der Waals surface area contributed by atoms with Crippen LogP contribution in [0.4, 0.5) is 0 Å². The molecule has 0 amide bonds. The van der Waals surface area contributed by atoms with Gasteiger partial charge in [-0.2, -0.15) is 0 Å². The molecule has 1 fully saturated rings. The fourth-order valence-corrected chi connectivity index (χ4v) is 3.36. The van der Waals surface area contributed by atoms with E-state index in [1.54, 1.807) is 0 Å². The zero-order chi connectivity index (χ0) is 12.6. The van der Waals surface area contributed by atoms with Crippen molar-refractivity contribution in [2.75, 3.05) is 19.8 Å². The van der Waals surface area contributed by atoms with Crippen LogP contribution in [0.25, 0.3) is 0 Å². The summed E-state index contributed by atoms with van der Waals surface area (Å²) in [5.41, 5.74) is 7.28. The van der Waals surface area contributed by atoms with Crippen LogP contribution in [0.3, 0.4) is 0 Å². The van der Waals surface area contributed by atoms with E-state index >= 15 is 0 Å². The van der Waals surface area contributed by atoms with Gasteiger partial charge in [0.2, 0.25) is 0 Å². The van der Waals surface area contributed by atoms with Gasteiger partial charge in [0.1, 0.15) is 13.2 Å². The van der Waals surface area contributed by atoms with Crippen molar-refractivity contribution in [2.24, 2.45) is 5.73 Å². The molecule has 0 atom stereocenters. The molecule has 1 aromatic rings. The molecule has 2 N–H and O–H groups in total. The predicted octanol–water partition coefficient (Wildman–Crippen LogP) is 2.88. The van der Waals surface area contributed by atoms with Crippen LogP contribution in [0.15, 0.2) is 12.1 Å². The second kappa shape index (κ2) is 4.63. The maximum absolute atomic E-state index is 6.17. The molecule has 1 aromatic carbocycles. The Hall–Kier alpha value is -0.930. The first-order chi connectivity index (χ1) is 8.77. The molecule has 18 heavy (non-hydrogen) atoms. The third kappa shape index (κ3) is 1.77. The van der Waals surface area contributed by atoms with E-state index in [1.165, 1.54) is 18.4 Å². The molecule has 1 saturated carbocycles. The van der Waals surface area contributed by atoms with Crippen molar-refractivity contribution in [2.45, 2.75) is 31.1 Å². The van der Waals surface area contributed by atoms with E-state index in [9.17, 15) is 0 Å². The van der Waals surface area contributed by atoms with Crippen molar-refractivity contribution < 1.29 is 9.47 Å². The summed E-state index contributed by atoms with van der Waals surface area (Å²) in [7, 11) is 0. The van der Waals surface area contributed by atoms with Gasteiger partial charge in [-0.15, -0.1) is 0 Å². The first-order valence-electron chi connectivity index (χ1n) is 6.55. The second-order valence-electron chi connectivity index (χ2n) is 5.14. The minimum absolute atomic E-state index is 0.0510. The van der Waals surface area contributed by atoms with E-state index in [4.69, 9.17) is 26.8 Å². The third-order valence-electron chi connectivity index (χ3n) is 4.16. The standard InChI is InChI=1S/C14H18ClNO2/c15-11-4-3-10(12-13(11)18-8-7-17-12)14(9-16)5-1-2-6-14/h3-4H,1-2,5-9,16H2. The Morgan fingerprint density at radius 1 is 1.11 bits per heavy atom. The number of ether oxygens (including phenoxy) is 2. The van der Waals surface area contributed by atoms with Crippen LogP contribution in [-0.2, 0) is 5.41 Å². The Kier molecular flexibility index (Phi) is 3.12. The maximum atomic E-state index is 6.17. The fourth-order valence-electron chi connectivity index (χ4n) is 3.16. The molecular weight excluding hydrogens is 250 g/mol. The van der Waals surface area contributed by atoms with Crippen LogP contribution in [0, 0.1) is 0 Å². The predicted molar refractivity (Wildman–Crippen MR) is 71.6 cm³/mol.